The molecule has 0 aromatic heterocycles. The van der Waals surface area contributed by atoms with Gasteiger partial charge in [-0.3, -0.25) is 4.79 Å². The number of benzene rings is 1. The second-order valence-electron chi connectivity index (χ2n) is 4.97. The molecule has 0 bridgehead atoms. The summed E-state index contributed by atoms with van der Waals surface area (Å²) >= 11 is 0. The first-order valence-electron chi connectivity index (χ1n) is 6.37. The van der Waals surface area contributed by atoms with Crippen LogP contribution >= 0.6 is 0 Å². The first-order chi connectivity index (χ1) is 8.38. The van der Waals surface area contributed by atoms with Crippen LogP contribution in [0.15, 0.2) is 12.1 Å². The minimum atomic E-state index is -0.929. The van der Waals surface area contributed by atoms with Crippen LogP contribution in [0.2, 0.25) is 0 Å². The molecule has 1 rings (SSSR count). The van der Waals surface area contributed by atoms with E-state index in [1.165, 1.54) is 0 Å². The fraction of sp³-hybridized carbons (Fsp3) is 0.533. The predicted molar refractivity (Wildman–Crippen MR) is 71.6 cm³/mol. The number of carboxylic acids is 1. The average Bonchev–Trinajstić information content (AvgIpc) is 2.29. The summed E-state index contributed by atoms with van der Waals surface area (Å²) in [5.41, 5.74) is 3.92. The van der Waals surface area contributed by atoms with E-state index in [-0.39, 0.29) is 0 Å². The normalized spacial score (nSPS) is 14.3. The van der Waals surface area contributed by atoms with E-state index >= 15 is 0 Å². The number of rotatable bonds is 5. The molecule has 2 N–H and O–H groups in total. The molecule has 0 aliphatic heterocycles. The molecule has 3 nitrogen and oxygen atoms in total. The molecule has 1 aromatic rings. The molecule has 3 heteroatoms. The Balaban J connectivity index is 3.12. The Hall–Kier alpha value is -1.35. The highest BCUT2D eigenvalue weighted by atomic mass is 16.4. The largest absolute Gasteiger partial charge is 0.481 e. The van der Waals surface area contributed by atoms with Gasteiger partial charge in [0, 0.05) is 0 Å². The van der Waals surface area contributed by atoms with Crippen molar-refractivity contribution in [1.82, 2.24) is 0 Å². The summed E-state index contributed by atoms with van der Waals surface area (Å²) in [6.45, 7) is 7.82. The molecule has 0 radical (unpaired) electrons. The van der Waals surface area contributed by atoms with E-state index in [0.717, 1.165) is 28.7 Å². The molecule has 0 heterocycles. The van der Waals surface area contributed by atoms with Crippen molar-refractivity contribution in [3.05, 3.63) is 34.4 Å². The van der Waals surface area contributed by atoms with Gasteiger partial charge < -0.3 is 10.2 Å². The van der Waals surface area contributed by atoms with E-state index in [2.05, 4.69) is 0 Å². The molecule has 0 spiro atoms. The fourth-order valence-electron chi connectivity index (χ4n) is 2.25. The second-order valence-corrected chi connectivity index (χ2v) is 4.97. The van der Waals surface area contributed by atoms with E-state index in [9.17, 15) is 15.0 Å². The van der Waals surface area contributed by atoms with Gasteiger partial charge in [-0.1, -0.05) is 25.5 Å². The van der Waals surface area contributed by atoms with E-state index < -0.39 is 18.0 Å². The molecule has 0 aliphatic rings. The molecule has 0 aliphatic carbocycles. The summed E-state index contributed by atoms with van der Waals surface area (Å²) in [6, 6.07) is 3.90. The first kappa shape index (κ1) is 14.7. The second kappa shape index (κ2) is 6.01. The van der Waals surface area contributed by atoms with Crippen LogP contribution in [0.25, 0.3) is 0 Å². The third kappa shape index (κ3) is 3.10. The van der Waals surface area contributed by atoms with Crippen molar-refractivity contribution in [1.29, 1.82) is 0 Å². The lowest BCUT2D eigenvalue weighted by molar-refractivity contribution is -0.146. The van der Waals surface area contributed by atoms with Crippen LogP contribution in [-0.4, -0.2) is 16.2 Å². The highest BCUT2D eigenvalue weighted by molar-refractivity contribution is 5.71. The number of carbonyl (C=O) groups is 1. The molecule has 100 valence electrons. The van der Waals surface area contributed by atoms with Crippen LogP contribution in [0.5, 0.6) is 0 Å². The molecule has 1 aromatic carbocycles. The SMILES string of the molecule is CCCC(C(=O)O)C(O)c1cc(C)c(C)cc1C. The zero-order chi connectivity index (χ0) is 13.9. The van der Waals surface area contributed by atoms with Gasteiger partial charge >= 0.3 is 5.97 Å². The summed E-state index contributed by atoms with van der Waals surface area (Å²) < 4.78 is 0. The fourth-order valence-corrected chi connectivity index (χ4v) is 2.25. The van der Waals surface area contributed by atoms with Crippen molar-refractivity contribution >= 4 is 5.97 Å². The lowest BCUT2D eigenvalue weighted by Crippen LogP contribution is -2.22. The van der Waals surface area contributed by atoms with Gasteiger partial charge in [0.15, 0.2) is 0 Å². The van der Waals surface area contributed by atoms with Gasteiger partial charge in [-0.2, -0.15) is 0 Å². The van der Waals surface area contributed by atoms with Crippen LogP contribution in [0.1, 0.15) is 48.1 Å². The number of aliphatic hydroxyl groups excluding tert-OH is 1. The van der Waals surface area contributed by atoms with E-state index in [1.807, 2.05) is 39.8 Å². The summed E-state index contributed by atoms with van der Waals surface area (Å²) in [6.07, 6.45) is 0.308. The maximum atomic E-state index is 11.2. The molecule has 0 saturated carbocycles. The van der Waals surface area contributed by atoms with E-state index in [0.29, 0.717) is 6.42 Å². The molecule has 0 fully saturated rings. The minimum absolute atomic E-state index is 0.489. The molecule has 2 unspecified atom stereocenters. The van der Waals surface area contributed by atoms with E-state index in [4.69, 9.17) is 0 Å². The predicted octanol–water partition coefficient (Wildman–Crippen LogP) is 3.15. The number of aliphatic hydroxyl groups is 1. The highest BCUT2D eigenvalue weighted by Gasteiger charge is 2.28. The number of hydrogen-bond donors (Lipinski definition) is 2. The van der Waals surface area contributed by atoms with Crippen molar-refractivity contribution in [3.63, 3.8) is 0 Å². The lowest BCUT2D eigenvalue weighted by atomic mass is 9.88. The van der Waals surface area contributed by atoms with Gasteiger partial charge in [0.25, 0.3) is 0 Å². The zero-order valence-corrected chi connectivity index (χ0v) is 11.5. The van der Waals surface area contributed by atoms with Crippen molar-refractivity contribution in [2.45, 2.75) is 46.6 Å². The van der Waals surface area contributed by atoms with Gasteiger partial charge in [-0.05, 0) is 49.4 Å². The summed E-state index contributed by atoms with van der Waals surface area (Å²) in [5.74, 6) is -1.65. The van der Waals surface area contributed by atoms with Crippen LogP contribution in [0.4, 0.5) is 0 Å². The number of carboxylic acid groups (broad SMARTS) is 1. The van der Waals surface area contributed by atoms with Crippen molar-refractivity contribution < 1.29 is 15.0 Å². The Morgan fingerprint density at radius 3 is 2.22 bits per heavy atom. The van der Waals surface area contributed by atoms with Crippen LogP contribution < -0.4 is 0 Å². The topological polar surface area (TPSA) is 57.5 Å². The molecular formula is C15H22O3. The molecule has 0 saturated heterocycles. The third-order valence-corrected chi connectivity index (χ3v) is 3.50. The Kier molecular flexibility index (Phi) is 4.91. The smallest absolute Gasteiger partial charge is 0.309 e. The maximum absolute atomic E-state index is 11.2. The Bertz CT molecular complexity index is 438. The third-order valence-electron chi connectivity index (χ3n) is 3.50. The molecule has 18 heavy (non-hydrogen) atoms. The van der Waals surface area contributed by atoms with Crippen molar-refractivity contribution in [2.24, 2.45) is 5.92 Å². The Morgan fingerprint density at radius 2 is 1.72 bits per heavy atom. The van der Waals surface area contributed by atoms with Gasteiger partial charge in [-0.25, -0.2) is 0 Å². The van der Waals surface area contributed by atoms with E-state index in [1.54, 1.807) is 0 Å². The lowest BCUT2D eigenvalue weighted by Gasteiger charge is -2.21. The maximum Gasteiger partial charge on any atom is 0.309 e. The standard InChI is InChI=1S/C15H22O3/c1-5-6-12(15(17)18)14(16)13-8-10(3)9(2)7-11(13)4/h7-8,12,14,16H,5-6H2,1-4H3,(H,17,18). The van der Waals surface area contributed by atoms with Gasteiger partial charge in [0.1, 0.15) is 0 Å². The summed E-state index contributed by atoms with van der Waals surface area (Å²) in [7, 11) is 0. The summed E-state index contributed by atoms with van der Waals surface area (Å²) in [5, 5.41) is 19.5. The minimum Gasteiger partial charge on any atom is -0.481 e. The zero-order valence-electron chi connectivity index (χ0n) is 11.5. The van der Waals surface area contributed by atoms with Crippen molar-refractivity contribution in [3.8, 4) is 0 Å². The van der Waals surface area contributed by atoms with Gasteiger partial charge in [0.2, 0.25) is 0 Å². The number of hydrogen-bond acceptors (Lipinski definition) is 2. The van der Waals surface area contributed by atoms with Gasteiger partial charge in [-0.15, -0.1) is 0 Å². The molecular weight excluding hydrogens is 228 g/mol. The van der Waals surface area contributed by atoms with Crippen LogP contribution in [0, 0.1) is 26.7 Å². The number of aliphatic carboxylic acids is 1. The quantitative estimate of drug-likeness (QED) is 0.844. The first-order valence-corrected chi connectivity index (χ1v) is 6.37. The Morgan fingerprint density at radius 1 is 1.17 bits per heavy atom. The van der Waals surface area contributed by atoms with Crippen LogP contribution in [-0.2, 0) is 4.79 Å². The molecule has 0 amide bonds. The summed E-state index contributed by atoms with van der Waals surface area (Å²) in [4.78, 5) is 11.2. The van der Waals surface area contributed by atoms with Gasteiger partial charge in [0.05, 0.1) is 12.0 Å². The number of aryl methyl sites for hydroxylation is 3. The van der Waals surface area contributed by atoms with Crippen LogP contribution in [0.3, 0.4) is 0 Å². The van der Waals surface area contributed by atoms with Crippen molar-refractivity contribution in [2.75, 3.05) is 0 Å². The molecule has 2 atom stereocenters. The highest BCUT2D eigenvalue weighted by Crippen LogP contribution is 2.30. The monoisotopic (exact) mass is 250 g/mol. The Labute approximate surface area is 108 Å². The average molecular weight is 250 g/mol.